The van der Waals surface area contributed by atoms with E-state index in [1.807, 2.05) is 31.0 Å². The second-order valence-electron chi connectivity index (χ2n) is 5.07. The Morgan fingerprint density at radius 2 is 1.92 bits per heavy atom. The molecule has 0 aliphatic rings. The lowest BCUT2D eigenvalue weighted by Gasteiger charge is -2.14. The summed E-state index contributed by atoms with van der Waals surface area (Å²) in [6.07, 6.45) is 7.48. The van der Waals surface area contributed by atoms with Crippen molar-refractivity contribution in [2.75, 3.05) is 6.54 Å². The first kappa shape index (κ1) is 22.2. The van der Waals surface area contributed by atoms with E-state index in [4.69, 9.17) is 19.8 Å². The van der Waals surface area contributed by atoms with E-state index in [0.29, 0.717) is 6.04 Å². The first-order chi connectivity index (χ1) is 12.0. The van der Waals surface area contributed by atoms with E-state index < -0.39 is 0 Å². The number of nitrogens with one attached hydrogen (secondary N) is 1. The summed E-state index contributed by atoms with van der Waals surface area (Å²) in [5.74, 6) is 2.09. The maximum atomic E-state index is 8.36. The van der Waals surface area contributed by atoms with Gasteiger partial charge in [0, 0.05) is 45.0 Å². The summed E-state index contributed by atoms with van der Waals surface area (Å²) in [6.45, 7) is 5.68. The molecule has 25 heavy (non-hydrogen) atoms. The lowest BCUT2D eigenvalue weighted by molar-refractivity contribution is -0.123. The van der Waals surface area contributed by atoms with Gasteiger partial charge in [0.1, 0.15) is 18.0 Å². The summed E-state index contributed by atoms with van der Waals surface area (Å²) in [5.41, 5.74) is 0. The molecular formula is C15H26N6O4. The predicted molar refractivity (Wildman–Crippen MR) is 91.1 cm³/mol. The Kier molecular flexibility index (Phi) is 12.2. The molecule has 2 aromatic heterocycles. The van der Waals surface area contributed by atoms with Crippen molar-refractivity contribution in [3.8, 4) is 0 Å². The van der Waals surface area contributed by atoms with E-state index in [0.717, 1.165) is 37.6 Å². The van der Waals surface area contributed by atoms with Crippen LogP contribution < -0.4 is 5.32 Å². The third-order valence-corrected chi connectivity index (χ3v) is 3.37. The number of aromatic nitrogens is 5. The van der Waals surface area contributed by atoms with Gasteiger partial charge in [-0.1, -0.05) is 0 Å². The summed E-state index contributed by atoms with van der Waals surface area (Å²) < 4.78 is 4.00. The van der Waals surface area contributed by atoms with Crippen molar-refractivity contribution < 1.29 is 19.8 Å². The number of rotatable bonds is 7. The largest absolute Gasteiger partial charge is 0.483 e. The van der Waals surface area contributed by atoms with Crippen LogP contribution in [0.15, 0.2) is 18.7 Å². The third-order valence-electron chi connectivity index (χ3n) is 3.37. The molecule has 0 fully saturated rings. The fourth-order valence-electron chi connectivity index (χ4n) is 2.05. The van der Waals surface area contributed by atoms with Crippen LogP contribution in [0.4, 0.5) is 0 Å². The lowest BCUT2D eigenvalue weighted by Crippen LogP contribution is -2.29. The van der Waals surface area contributed by atoms with Gasteiger partial charge in [-0.15, -0.1) is 0 Å². The second-order valence-corrected chi connectivity index (χ2v) is 5.07. The molecule has 0 spiro atoms. The SMILES string of the molecule is Cc1nccn1CCC(C)NCCc1ncnn1C.O=CO.O=CO. The average Bonchev–Trinajstić information content (AvgIpc) is 3.16. The van der Waals surface area contributed by atoms with E-state index in [9.17, 15) is 0 Å². The zero-order chi connectivity index (χ0) is 19.1. The monoisotopic (exact) mass is 354 g/mol. The number of carboxylic acid groups (broad SMARTS) is 2. The van der Waals surface area contributed by atoms with Gasteiger partial charge in [-0.25, -0.2) is 9.97 Å². The molecule has 0 aliphatic carbocycles. The van der Waals surface area contributed by atoms with Crippen molar-refractivity contribution in [3.63, 3.8) is 0 Å². The van der Waals surface area contributed by atoms with Crippen molar-refractivity contribution in [1.82, 2.24) is 29.6 Å². The number of aryl methyl sites for hydroxylation is 3. The van der Waals surface area contributed by atoms with Gasteiger partial charge in [0.25, 0.3) is 12.9 Å². The molecule has 1 unspecified atom stereocenters. The van der Waals surface area contributed by atoms with Crippen LogP contribution in [0.2, 0.25) is 0 Å². The molecule has 10 heteroatoms. The maximum absolute atomic E-state index is 8.36. The summed E-state index contributed by atoms with van der Waals surface area (Å²) in [4.78, 5) is 25.2. The van der Waals surface area contributed by atoms with E-state index in [2.05, 4.69) is 31.9 Å². The molecule has 2 aromatic rings. The molecule has 0 bridgehead atoms. The van der Waals surface area contributed by atoms with Gasteiger partial charge in [0.2, 0.25) is 0 Å². The minimum absolute atomic E-state index is 0.250. The molecule has 3 N–H and O–H groups in total. The Morgan fingerprint density at radius 3 is 2.40 bits per heavy atom. The zero-order valence-corrected chi connectivity index (χ0v) is 14.7. The van der Waals surface area contributed by atoms with Crippen LogP contribution >= 0.6 is 0 Å². The topological polar surface area (TPSA) is 135 Å². The normalized spacial score (nSPS) is 10.7. The van der Waals surface area contributed by atoms with Crippen LogP contribution in [0.3, 0.4) is 0 Å². The number of hydrogen-bond acceptors (Lipinski definition) is 6. The van der Waals surface area contributed by atoms with Crippen LogP contribution in [0.5, 0.6) is 0 Å². The molecule has 0 radical (unpaired) electrons. The smallest absolute Gasteiger partial charge is 0.290 e. The summed E-state index contributed by atoms with van der Waals surface area (Å²) >= 11 is 0. The number of hydrogen-bond donors (Lipinski definition) is 3. The zero-order valence-electron chi connectivity index (χ0n) is 14.7. The highest BCUT2D eigenvalue weighted by Gasteiger charge is 2.05. The van der Waals surface area contributed by atoms with E-state index in [1.54, 1.807) is 6.33 Å². The molecule has 0 amide bonds. The van der Waals surface area contributed by atoms with Gasteiger partial charge in [-0.05, 0) is 20.3 Å². The first-order valence-corrected chi connectivity index (χ1v) is 7.69. The molecule has 1 atom stereocenters. The van der Waals surface area contributed by atoms with Gasteiger partial charge in [-0.3, -0.25) is 14.3 Å². The molecular weight excluding hydrogens is 328 g/mol. The lowest BCUT2D eigenvalue weighted by atomic mass is 10.2. The third kappa shape index (κ3) is 9.87. The van der Waals surface area contributed by atoms with Gasteiger partial charge in [0.15, 0.2) is 0 Å². The van der Waals surface area contributed by atoms with Crippen LogP contribution in [-0.4, -0.2) is 60.1 Å². The van der Waals surface area contributed by atoms with Crippen molar-refractivity contribution in [1.29, 1.82) is 0 Å². The highest BCUT2D eigenvalue weighted by atomic mass is 16.3. The molecule has 0 aromatic carbocycles. The van der Waals surface area contributed by atoms with Crippen molar-refractivity contribution in [2.24, 2.45) is 7.05 Å². The standard InChI is InChI=1S/C13H22N6.2CH2O2/c1-11(5-8-19-9-7-15-12(19)2)14-6-4-13-16-10-17-18(13)3;2*2-1-3/h7,9-11,14H,4-6,8H2,1-3H3;2*1H,(H,2,3). The number of carbonyl (C=O) groups is 2. The molecule has 2 heterocycles. The maximum Gasteiger partial charge on any atom is 0.290 e. The molecule has 10 nitrogen and oxygen atoms in total. The first-order valence-electron chi connectivity index (χ1n) is 7.69. The summed E-state index contributed by atoms with van der Waals surface area (Å²) in [5, 5.41) is 21.4. The molecule has 2 rings (SSSR count). The Hall–Kier alpha value is -2.75. The Morgan fingerprint density at radius 1 is 1.28 bits per heavy atom. The van der Waals surface area contributed by atoms with Crippen LogP contribution in [0.25, 0.3) is 0 Å². The minimum atomic E-state index is -0.250. The highest BCUT2D eigenvalue weighted by Crippen LogP contribution is 2.00. The van der Waals surface area contributed by atoms with Gasteiger partial charge in [-0.2, -0.15) is 5.10 Å². The Bertz CT molecular complexity index is 592. The molecule has 0 saturated carbocycles. The minimum Gasteiger partial charge on any atom is -0.483 e. The van der Waals surface area contributed by atoms with Gasteiger partial charge >= 0.3 is 0 Å². The van der Waals surface area contributed by atoms with Crippen molar-refractivity contribution >= 4 is 12.9 Å². The predicted octanol–water partition coefficient (Wildman–Crippen LogP) is 0.333. The van der Waals surface area contributed by atoms with Crippen LogP contribution in [-0.2, 0) is 29.6 Å². The quantitative estimate of drug-likeness (QED) is 0.606. The van der Waals surface area contributed by atoms with Crippen molar-refractivity contribution in [2.45, 2.75) is 39.3 Å². The molecule has 0 aliphatic heterocycles. The van der Waals surface area contributed by atoms with Crippen LogP contribution in [0.1, 0.15) is 25.0 Å². The van der Waals surface area contributed by atoms with E-state index in [1.165, 1.54) is 0 Å². The van der Waals surface area contributed by atoms with E-state index in [-0.39, 0.29) is 12.9 Å². The van der Waals surface area contributed by atoms with E-state index >= 15 is 0 Å². The highest BCUT2D eigenvalue weighted by molar-refractivity contribution is 5.33. The molecule has 0 saturated heterocycles. The van der Waals surface area contributed by atoms with Crippen molar-refractivity contribution in [3.05, 3.63) is 30.4 Å². The Labute approximate surface area is 146 Å². The average molecular weight is 354 g/mol. The molecule has 140 valence electrons. The van der Waals surface area contributed by atoms with Gasteiger partial charge < -0.3 is 20.1 Å². The van der Waals surface area contributed by atoms with Crippen LogP contribution in [0, 0.1) is 6.92 Å². The Balaban J connectivity index is 0.000000844. The fourth-order valence-corrected chi connectivity index (χ4v) is 2.05. The van der Waals surface area contributed by atoms with Gasteiger partial charge in [0.05, 0.1) is 0 Å². The second kappa shape index (κ2) is 13.7. The number of imidazole rings is 1. The fraction of sp³-hybridized carbons (Fsp3) is 0.533. The summed E-state index contributed by atoms with van der Waals surface area (Å²) in [6, 6.07) is 0.482. The summed E-state index contributed by atoms with van der Waals surface area (Å²) in [7, 11) is 1.92. The number of nitrogens with zero attached hydrogens (tertiary/aromatic N) is 5.